The van der Waals surface area contributed by atoms with Crippen molar-refractivity contribution in [1.29, 1.82) is 0 Å². The predicted molar refractivity (Wildman–Crippen MR) is 108 cm³/mol. The molecule has 4 heteroatoms. The molecule has 0 unspecified atom stereocenters. The summed E-state index contributed by atoms with van der Waals surface area (Å²) in [7, 11) is 0. The zero-order valence-corrected chi connectivity index (χ0v) is 15.9. The summed E-state index contributed by atoms with van der Waals surface area (Å²) in [5, 5.41) is 6.19. The first kappa shape index (κ1) is 18.8. The Kier molecular flexibility index (Phi) is 6.45. The van der Waals surface area contributed by atoms with E-state index in [1.54, 1.807) is 0 Å². The fraction of sp³-hybridized carbons (Fsp3) is 0.381. The summed E-state index contributed by atoms with van der Waals surface area (Å²) in [6, 6.07) is 12.4. The highest BCUT2D eigenvalue weighted by atomic mass is 16.1. The molecule has 2 N–H and O–H groups in total. The van der Waals surface area contributed by atoms with Crippen molar-refractivity contribution in [3.63, 3.8) is 0 Å². The van der Waals surface area contributed by atoms with Gasteiger partial charge in [-0.15, -0.1) is 0 Å². The molecule has 0 aliphatic heterocycles. The molecule has 0 fully saturated rings. The number of hydrogen-bond acceptors (Lipinski definition) is 3. The van der Waals surface area contributed by atoms with E-state index in [1.807, 2.05) is 25.1 Å². The first-order valence-corrected chi connectivity index (χ1v) is 8.90. The third-order valence-electron chi connectivity index (χ3n) is 4.29. The van der Waals surface area contributed by atoms with E-state index in [9.17, 15) is 4.79 Å². The van der Waals surface area contributed by atoms with Crippen LogP contribution < -0.4 is 15.5 Å². The molecule has 134 valence electrons. The van der Waals surface area contributed by atoms with Crippen molar-refractivity contribution in [3.8, 4) is 0 Å². The number of carbonyl (C=O) groups is 1. The molecule has 25 heavy (non-hydrogen) atoms. The zero-order valence-electron chi connectivity index (χ0n) is 15.9. The van der Waals surface area contributed by atoms with Crippen LogP contribution in [0.3, 0.4) is 0 Å². The first-order valence-electron chi connectivity index (χ1n) is 8.90. The molecule has 2 aromatic carbocycles. The summed E-state index contributed by atoms with van der Waals surface area (Å²) in [6.07, 6.45) is 0. The molecule has 0 saturated carbocycles. The lowest BCUT2D eigenvalue weighted by molar-refractivity contribution is -0.114. The van der Waals surface area contributed by atoms with Crippen LogP contribution in [-0.4, -0.2) is 25.5 Å². The van der Waals surface area contributed by atoms with Crippen molar-refractivity contribution in [2.24, 2.45) is 0 Å². The molecule has 0 atom stereocenters. The molecule has 2 rings (SSSR count). The minimum atomic E-state index is -0.0437. The second kappa shape index (κ2) is 8.56. The molecule has 0 aliphatic rings. The van der Waals surface area contributed by atoms with Crippen molar-refractivity contribution >= 4 is 23.0 Å². The highest BCUT2D eigenvalue weighted by Crippen LogP contribution is 2.22. The van der Waals surface area contributed by atoms with Gasteiger partial charge < -0.3 is 15.5 Å². The standard InChI is InChI=1S/C21H29N3O/c1-6-24(7-2)19-8-9-20(17(5)13-19)23-21(25)14-22-18-11-15(3)10-16(4)12-18/h8-13,22H,6-7,14H2,1-5H3,(H,23,25). The van der Waals surface area contributed by atoms with Crippen molar-refractivity contribution in [2.45, 2.75) is 34.6 Å². The molecular weight excluding hydrogens is 310 g/mol. The van der Waals surface area contributed by atoms with Gasteiger partial charge in [0, 0.05) is 30.2 Å². The van der Waals surface area contributed by atoms with Gasteiger partial charge >= 0.3 is 0 Å². The lowest BCUT2D eigenvalue weighted by atomic mass is 10.1. The molecule has 0 spiro atoms. The number of nitrogens with one attached hydrogen (secondary N) is 2. The van der Waals surface area contributed by atoms with Crippen LogP contribution in [0.25, 0.3) is 0 Å². The largest absolute Gasteiger partial charge is 0.376 e. The molecule has 0 aliphatic carbocycles. The first-order chi connectivity index (χ1) is 11.9. The quantitative estimate of drug-likeness (QED) is 0.780. The van der Waals surface area contributed by atoms with E-state index in [0.717, 1.165) is 30.0 Å². The van der Waals surface area contributed by atoms with E-state index in [-0.39, 0.29) is 12.5 Å². The minimum absolute atomic E-state index is 0.0437. The van der Waals surface area contributed by atoms with Crippen LogP contribution in [-0.2, 0) is 4.79 Å². The predicted octanol–water partition coefficient (Wildman–Crippen LogP) is 4.51. The van der Waals surface area contributed by atoms with Gasteiger partial charge in [-0.05, 0) is 81.6 Å². The van der Waals surface area contributed by atoms with Crippen molar-refractivity contribution in [1.82, 2.24) is 0 Å². The summed E-state index contributed by atoms with van der Waals surface area (Å²) >= 11 is 0. The Morgan fingerprint density at radius 3 is 2.16 bits per heavy atom. The topological polar surface area (TPSA) is 44.4 Å². The van der Waals surface area contributed by atoms with E-state index in [1.165, 1.54) is 16.8 Å². The van der Waals surface area contributed by atoms with Crippen LogP contribution in [0.1, 0.15) is 30.5 Å². The summed E-state index contributed by atoms with van der Waals surface area (Å²) in [5.74, 6) is -0.0437. The zero-order chi connectivity index (χ0) is 18.4. The maximum atomic E-state index is 12.3. The number of benzene rings is 2. The average molecular weight is 339 g/mol. The van der Waals surface area contributed by atoms with Crippen molar-refractivity contribution < 1.29 is 4.79 Å². The summed E-state index contributed by atoms with van der Waals surface area (Å²) in [5.41, 5.74) is 6.47. The fourth-order valence-corrected chi connectivity index (χ4v) is 3.03. The Bertz CT molecular complexity index is 716. The molecule has 0 saturated heterocycles. The van der Waals surface area contributed by atoms with E-state index in [4.69, 9.17) is 0 Å². The molecule has 4 nitrogen and oxygen atoms in total. The van der Waals surface area contributed by atoms with Gasteiger partial charge in [0.05, 0.1) is 6.54 Å². The second-order valence-electron chi connectivity index (χ2n) is 6.45. The summed E-state index contributed by atoms with van der Waals surface area (Å²) < 4.78 is 0. The van der Waals surface area contributed by atoms with Gasteiger partial charge in [-0.2, -0.15) is 0 Å². The lowest BCUT2D eigenvalue weighted by Gasteiger charge is -2.22. The highest BCUT2D eigenvalue weighted by molar-refractivity contribution is 5.94. The molecule has 2 aromatic rings. The van der Waals surface area contributed by atoms with E-state index >= 15 is 0 Å². The summed E-state index contributed by atoms with van der Waals surface area (Å²) in [4.78, 5) is 14.5. The van der Waals surface area contributed by atoms with Crippen LogP contribution in [0.2, 0.25) is 0 Å². The minimum Gasteiger partial charge on any atom is -0.376 e. The van der Waals surface area contributed by atoms with E-state index in [0.29, 0.717) is 0 Å². The molecule has 1 amide bonds. The number of amides is 1. The Morgan fingerprint density at radius 1 is 0.960 bits per heavy atom. The van der Waals surface area contributed by atoms with Gasteiger partial charge in [-0.25, -0.2) is 0 Å². The number of nitrogens with zero attached hydrogens (tertiary/aromatic N) is 1. The fourth-order valence-electron chi connectivity index (χ4n) is 3.03. The Morgan fingerprint density at radius 2 is 1.60 bits per heavy atom. The van der Waals surface area contributed by atoms with Crippen LogP contribution in [0, 0.1) is 20.8 Å². The van der Waals surface area contributed by atoms with Gasteiger partial charge in [-0.3, -0.25) is 4.79 Å². The van der Waals surface area contributed by atoms with E-state index in [2.05, 4.69) is 61.4 Å². The lowest BCUT2D eigenvalue weighted by Crippen LogP contribution is -2.23. The number of carbonyl (C=O) groups excluding carboxylic acids is 1. The van der Waals surface area contributed by atoms with Gasteiger partial charge in [0.15, 0.2) is 0 Å². The van der Waals surface area contributed by atoms with Crippen LogP contribution >= 0.6 is 0 Å². The van der Waals surface area contributed by atoms with Crippen molar-refractivity contribution in [3.05, 3.63) is 53.1 Å². The smallest absolute Gasteiger partial charge is 0.243 e. The molecule has 0 heterocycles. The molecule has 0 aromatic heterocycles. The van der Waals surface area contributed by atoms with Gasteiger partial charge in [0.25, 0.3) is 0 Å². The van der Waals surface area contributed by atoms with Crippen LogP contribution in [0.5, 0.6) is 0 Å². The number of aryl methyl sites for hydroxylation is 3. The van der Waals surface area contributed by atoms with E-state index < -0.39 is 0 Å². The second-order valence-corrected chi connectivity index (χ2v) is 6.45. The van der Waals surface area contributed by atoms with Gasteiger partial charge in [0.2, 0.25) is 5.91 Å². The van der Waals surface area contributed by atoms with Gasteiger partial charge in [0.1, 0.15) is 0 Å². The SMILES string of the molecule is CCN(CC)c1ccc(NC(=O)CNc2cc(C)cc(C)c2)c(C)c1. The monoisotopic (exact) mass is 339 g/mol. The number of hydrogen-bond donors (Lipinski definition) is 2. The van der Waals surface area contributed by atoms with Gasteiger partial charge in [-0.1, -0.05) is 6.07 Å². The number of anilines is 3. The summed E-state index contributed by atoms with van der Waals surface area (Å²) in [6.45, 7) is 12.6. The number of rotatable bonds is 7. The molecular formula is C21H29N3O. The Hall–Kier alpha value is -2.49. The molecule has 0 bridgehead atoms. The third kappa shape index (κ3) is 5.24. The third-order valence-corrected chi connectivity index (χ3v) is 4.29. The maximum absolute atomic E-state index is 12.3. The van der Waals surface area contributed by atoms with Crippen LogP contribution in [0.15, 0.2) is 36.4 Å². The Balaban J connectivity index is 1.98. The average Bonchev–Trinajstić information content (AvgIpc) is 2.55. The highest BCUT2D eigenvalue weighted by Gasteiger charge is 2.08. The normalized spacial score (nSPS) is 10.4. The Labute approximate surface area is 151 Å². The maximum Gasteiger partial charge on any atom is 0.243 e. The van der Waals surface area contributed by atoms with Crippen molar-refractivity contribution in [2.75, 3.05) is 35.2 Å². The van der Waals surface area contributed by atoms with Crippen LogP contribution in [0.4, 0.5) is 17.1 Å². The molecule has 0 radical (unpaired) electrons.